The summed E-state index contributed by atoms with van der Waals surface area (Å²) in [7, 11) is 0. The molecular weight excluding hydrogens is 178 g/mol. The third-order valence-corrected chi connectivity index (χ3v) is 3.43. The van der Waals surface area contributed by atoms with Gasteiger partial charge >= 0.3 is 0 Å². The van der Waals surface area contributed by atoms with Crippen LogP contribution in [0.5, 0.6) is 0 Å². The Morgan fingerprint density at radius 1 is 1.31 bits per heavy atom. The first-order valence-corrected chi connectivity index (χ1v) is 4.94. The van der Waals surface area contributed by atoms with E-state index in [-0.39, 0.29) is 0 Å². The van der Waals surface area contributed by atoms with Gasteiger partial charge in [0.25, 0.3) is 0 Å². The van der Waals surface area contributed by atoms with Crippen molar-refractivity contribution in [2.24, 2.45) is 0 Å². The Bertz CT molecular complexity index is 503. The fourth-order valence-corrected chi connectivity index (χ4v) is 2.70. The van der Waals surface area contributed by atoms with Crippen molar-refractivity contribution in [3.8, 4) is 6.07 Å². The minimum absolute atomic E-state index is 0.837. The lowest BCUT2D eigenvalue weighted by molar-refractivity contribution is 1.46. The topological polar surface area (TPSA) is 23.8 Å². The molecule has 64 valence electrons. The molecule has 2 aromatic rings. The van der Waals surface area contributed by atoms with Gasteiger partial charge in [0.2, 0.25) is 0 Å². The number of hydrogen-bond acceptors (Lipinski definition) is 2. The summed E-state index contributed by atoms with van der Waals surface area (Å²) < 4.78 is 1.22. The molecule has 0 N–H and O–H groups in total. The number of aryl methyl sites for hydroxylation is 2. The summed E-state index contributed by atoms with van der Waals surface area (Å²) in [5, 5.41) is 10.1. The van der Waals surface area contributed by atoms with Crippen molar-refractivity contribution < 1.29 is 0 Å². The van der Waals surface area contributed by atoms with Crippen LogP contribution in [0.15, 0.2) is 18.2 Å². The highest BCUT2D eigenvalue weighted by atomic mass is 32.1. The maximum atomic E-state index is 8.87. The van der Waals surface area contributed by atoms with Gasteiger partial charge in [0.05, 0.1) is 0 Å². The Morgan fingerprint density at radius 2 is 2.08 bits per heavy atom. The lowest BCUT2D eigenvalue weighted by Crippen LogP contribution is -1.76. The second kappa shape index (κ2) is 2.86. The first kappa shape index (κ1) is 8.28. The summed E-state index contributed by atoms with van der Waals surface area (Å²) in [6.07, 6.45) is 0. The molecule has 0 saturated carbocycles. The average molecular weight is 187 g/mol. The van der Waals surface area contributed by atoms with Crippen molar-refractivity contribution in [2.45, 2.75) is 13.8 Å². The summed E-state index contributed by atoms with van der Waals surface area (Å²) in [6.45, 7) is 4.10. The maximum Gasteiger partial charge on any atom is 0.110 e. The Hall–Kier alpha value is -1.33. The van der Waals surface area contributed by atoms with E-state index in [4.69, 9.17) is 5.26 Å². The van der Waals surface area contributed by atoms with E-state index in [0.717, 1.165) is 10.4 Å². The van der Waals surface area contributed by atoms with Gasteiger partial charge in [0.15, 0.2) is 0 Å². The first-order valence-electron chi connectivity index (χ1n) is 4.13. The molecule has 1 heterocycles. The summed E-state index contributed by atoms with van der Waals surface area (Å²) in [4.78, 5) is 0.837. The van der Waals surface area contributed by atoms with Crippen LogP contribution in [0.25, 0.3) is 10.1 Å². The zero-order chi connectivity index (χ0) is 9.42. The van der Waals surface area contributed by atoms with Gasteiger partial charge in [-0.3, -0.25) is 0 Å². The van der Waals surface area contributed by atoms with Crippen LogP contribution >= 0.6 is 11.3 Å². The number of thiophene rings is 1. The largest absolute Gasteiger partial charge is 0.192 e. The molecule has 2 rings (SSSR count). The van der Waals surface area contributed by atoms with E-state index in [0.29, 0.717) is 0 Å². The van der Waals surface area contributed by atoms with Crippen LogP contribution in [0.1, 0.15) is 16.0 Å². The van der Waals surface area contributed by atoms with E-state index in [2.05, 4.69) is 25.1 Å². The van der Waals surface area contributed by atoms with Gasteiger partial charge in [-0.05, 0) is 36.4 Å². The smallest absolute Gasteiger partial charge is 0.110 e. The second-order valence-electron chi connectivity index (χ2n) is 3.12. The molecule has 0 unspecified atom stereocenters. The Kier molecular flexibility index (Phi) is 1.82. The van der Waals surface area contributed by atoms with Gasteiger partial charge in [0, 0.05) is 4.70 Å². The molecular formula is C11H9NS. The molecule has 2 heteroatoms. The van der Waals surface area contributed by atoms with E-state index in [1.54, 1.807) is 11.3 Å². The standard InChI is InChI=1S/C11H9NS/c1-7-4-3-5-9-11(7)8(2)10(6-12)13-9/h3-5H,1-2H3. The third kappa shape index (κ3) is 1.13. The molecule has 1 aromatic heterocycles. The quantitative estimate of drug-likeness (QED) is 0.620. The Morgan fingerprint density at radius 3 is 2.69 bits per heavy atom. The summed E-state index contributed by atoms with van der Waals surface area (Å²) in [5.41, 5.74) is 2.38. The van der Waals surface area contributed by atoms with E-state index < -0.39 is 0 Å². The number of benzene rings is 1. The van der Waals surface area contributed by atoms with Crippen LogP contribution in [-0.2, 0) is 0 Å². The summed E-state index contributed by atoms with van der Waals surface area (Å²) in [5.74, 6) is 0. The number of hydrogen-bond donors (Lipinski definition) is 0. The third-order valence-electron chi connectivity index (χ3n) is 2.26. The van der Waals surface area contributed by atoms with Crippen molar-refractivity contribution in [2.75, 3.05) is 0 Å². The highest BCUT2D eigenvalue weighted by Gasteiger charge is 2.08. The minimum atomic E-state index is 0.837. The van der Waals surface area contributed by atoms with Gasteiger partial charge < -0.3 is 0 Å². The fraction of sp³-hybridized carbons (Fsp3) is 0.182. The van der Waals surface area contributed by atoms with Crippen LogP contribution in [0.2, 0.25) is 0 Å². The molecule has 1 nitrogen and oxygen atoms in total. The molecule has 13 heavy (non-hydrogen) atoms. The Labute approximate surface area is 81.2 Å². The molecule has 0 aliphatic rings. The van der Waals surface area contributed by atoms with Gasteiger partial charge in [-0.15, -0.1) is 11.3 Å². The van der Waals surface area contributed by atoms with Crippen molar-refractivity contribution in [1.82, 2.24) is 0 Å². The molecule has 0 amide bonds. The SMILES string of the molecule is Cc1cccc2sc(C#N)c(C)c12. The second-order valence-corrected chi connectivity index (χ2v) is 4.17. The van der Waals surface area contributed by atoms with E-state index in [1.807, 2.05) is 13.0 Å². The lowest BCUT2D eigenvalue weighted by atomic mass is 10.1. The highest BCUT2D eigenvalue weighted by molar-refractivity contribution is 7.19. The molecule has 0 spiro atoms. The number of nitriles is 1. The zero-order valence-corrected chi connectivity index (χ0v) is 8.40. The van der Waals surface area contributed by atoms with E-state index >= 15 is 0 Å². The summed E-state index contributed by atoms with van der Waals surface area (Å²) in [6, 6.07) is 8.42. The Balaban J connectivity index is 2.95. The van der Waals surface area contributed by atoms with Crippen molar-refractivity contribution in [3.63, 3.8) is 0 Å². The molecule has 1 aromatic carbocycles. The van der Waals surface area contributed by atoms with Gasteiger partial charge in [0.1, 0.15) is 10.9 Å². The van der Waals surface area contributed by atoms with Crippen molar-refractivity contribution in [3.05, 3.63) is 34.2 Å². The van der Waals surface area contributed by atoms with E-state index in [9.17, 15) is 0 Å². The number of fused-ring (bicyclic) bond motifs is 1. The number of nitrogens with zero attached hydrogens (tertiary/aromatic N) is 1. The van der Waals surface area contributed by atoms with Crippen LogP contribution in [0.4, 0.5) is 0 Å². The monoisotopic (exact) mass is 187 g/mol. The zero-order valence-electron chi connectivity index (χ0n) is 7.59. The molecule has 0 aliphatic carbocycles. The molecule has 0 aliphatic heterocycles. The van der Waals surface area contributed by atoms with Crippen LogP contribution < -0.4 is 0 Å². The van der Waals surface area contributed by atoms with Crippen molar-refractivity contribution >= 4 is 21.4 Å². The van der Waals surface area contributed by atoms with Crippen LogP contribution in [0, 0.1) is 25.2 Å². The average Bonchev–Trinajstić information content (AvgIpc) is 2.44. The molecule has 0 bridgehead atoms. The van der Waals surface area contributed by atoms with Crippen molar-refractivity contribution in [1.29, 1.82) is 5.26 Å². The fourth-order valence-electron chi connectivity index (χ4n) is 1.61. The van der Waals surface area contributed by atoms with Gasteiger partial charge in [-0.1, -0.05) is 12.1 Å². The van der Waals surface area contributed by atoms with Crippen LogP contribution in [0.3, 0.4) is 0 Å². The molecule has 0 fully saturated rings. The lowest BCUT2D eigenvalue weighted by Gasteiger charge is -1.95. The summed E-state index contributed by atoms with van der Waals surface area (Å²) >= 11 is 1.58. The highest BCUT2D eigenvalue weighted by Crippen LogP contribution is 2.32. The first-order chi connectivity index (χ1) is 6.24. The maximum absolute atomic E-state index is 8.87. The molecule has 0 saturated heterocycles. The normalized spacial score (nSPS) is 10.2. The molecule has 0 radical (unpaired) electrons. The van der Waals surface area contributed by atoms with Gasteiger partial charge in [-0.2, -0.15) is 5.26 Å². The predicted octanol–water partition coefficient (Wildman–Crippen LogP) is 3.39. The van der Waals surface area contributed by atoms with Crippen LogP contribution in [-0.4, -0.2) is 0 Å². The molecule has 0 atom stereocenters. The number of rotatable bonds is 0. The predicted molar refractivity (Wildman–Crippen MR) is 56.0 cm³/mol. The minimum Gasteiger partial charge on any atom is -0.192 e. The van der Waals surface area contributed by atoms with Gasteiger partial charge in [-0.25, -0.2) is 0 Å². The van der Waals surface area contributed by atoms with E-state index in [1.165, 1.54) is 15.6 Å².